The molecule has 4 aromatic rings. The number of fused-ring (bicyclic) bond motifs is 1. The minimum atomic E-state index is -1.78. The topological polar surface area (TPSA) is 72.0 Å². The van der Waals surface area contributed by atoms with Crippen molar-refractivity contribution in [1.29, 1.82) is 0 Å². The predicted molar refractivity (Wildman–Crippen MR) is 141 cm³/mol. The molecule has 2 aromatic carbocycles. The smallest absolute Gasteiger partial charge is 0.137 e. The average Bonchev–Trinajstić information content (AvgIpc) is 3.55. The van der Waals surface area contributed by atoms with Gasteiger partial charge in [-0.3, -0.25) is 4.68 Å². The number of aliphatic hydroxyl groups is 1. The third-order valence-corrected chi connectivity index (χ3v) is 7.35. The lowest BCUT2D eigenvalue weighted by Gasteiger charge is -2.34. The van der Waals surface area contributed by atoms with Crippen LogP contribution in [0.1, 0.15) is 58.6 Å². The summed E-state index contributed by atoms with van der Waals surface area (Å²) in [7, 11) is 0. The molecule has 2 atom stereocenters. The van der Waals surface area contributed by atoms with Crippen molar-refractivity contribution in [2.75, 3.05) is 18.0 Å². The van der Waals surface area contributed by atoms with Crippen LogP contribution in [0.25, 0.3) is 10.9 Å². The van der Waals surface area contributed by atoms with Crippen molar-refractivity contribution in [3.63, 3.8) is 0 Å². The van der Waals surface area contributed by atoms with E-state index in [-0.39, 0.29) is 12.1 Å². The van der Waals surface area contributed by atoms with Crippen LogP contribution in [0.5, 0.6) is 0 Å². The Balaban J connectivity index is 1.71. The molecule has 0 spiro atoms. The van der Waals surface area contributed by atoms with Gasteiger partial charge in [0.1, 0.15) is 29.9 Å². The highest BCUT2D eigenvalue weighted by Gasteiger charge is 2.41. The Kier molecular flexibility index (Phi) is 8.22. The van der Waals surface area contributed by atoms with E-state index in [1.165, 1.54) is 23.4 Å². The van der Waals surface area contributed by atoms with E-state index in [1.807, 2.05) is 12.3 Å². The SMILES string of the molecule is CCCN(CC(CC)CC)c1ccc2nn([C@H](C)[C@](O)(Cn3cncn3)c3ccc(F)cc3F)cc2c1. The molecule has 2 aromatic heterocycles. The van der Waals surface area contributed by atoms with E-state index in [4.69, 9.17) is 5.10 Å². The van der Waals surface area contributed by atoms with Gasteiger partial charge in [0, 0.05) is 42.0 Å². The molecule has 7 nitrogen and oxygen atoms in total. The van der Waals surface area contributed by atoms with Gasteiger partial charge in [-0.15, -0.1) is 0 Å². The highest BCUT2D eigenvalue weighted by atomic mass is 19.1. The third kappa shape index (κ3) is 5.66. The zero-order chi connectivity index (χ0) is 26.6. The van der Waals surface area contributed by atoms with Gasteiger partial charge in [-0.1, -0.05) is 39.7 Å². The lowest BCUT2D eigenvalue weighted by Crippen LogP contribution is -2.40. The molecule has 37 heavy (non-hydrogen) atoms. The molecular weight excluding hydrogens is 474 g/mol. The summed E-state index contributed by atoms with van der Waals surface area (Å²) in [5.74, 6) is -0.910. The largest absolute Gasteiger partial charge is 0.381 e. The Bertz CT molecular complexity index is 1300. The molecule has 0 amide bonds. The number of hydrogen-bond acceptors (Lipinski definition) is 5. The summed E-state index contributed by atoms with van der Waals surface area (Å²) in [5, 5.41) is 21.7. The summed E-state index contributed by atoms with van der Waals surface area (Å²) in [5.41, 5.74) is 0.102. The summed E-state index contributed by atoms with van der Waals surface area (Å²) in [6.07, 6.45) is 8.00. The number of anilines is 1. The standard InChI is InChI=1S/C28H36F2N6O/c1-5-12-34(15-21(6-2)7-3)24-9-11-27-22(13-24)16-36(33-27)20(4)28(37,17-35-19-31-18-32-35)25-10-8-23(29)14-26(25)30/h8-11,13-14,16,18-21,37H,5-7,12,15,17H2,1-4H3/t20-,28-/m1/s1. The Morgan fingerprint density at radius 2 is 1.86 bits per heavy atom. The molecule has 0 aliphatic rings. The molecule has 0 saturated carbocycles. The minimum absolute atomic E-state index is 0.0311. The van der Waals surface area contributed by atoms with Crippen LogP contribution in [0.2, 0.25) is 0 Å². The second-order valence-electron chi connectivity index (χ2n) is 9.80. The summed E-state index contributed by atoms with van der Waals surface area (Å²) in [6, 6.07) is 8.69. The number of hydrogen-bond donors (Lipinski definition) is 1. The maximum absolute atomic E-state index is 15.0. The number of rotatable bonds is 12. The number of nitrogens with zero attached hydrogens (tertiary/aromatic N) is 6. The lowest BCUT2D eigenvalue weighted by atomic mass is 9.86. The molecule has 0 radical (unpaired) electrons. The number of halogens is 2. The second kappa shape index (κ2) is 11.4. The van der Waals surface area contributed by atoms with Gasteiger partial charge >= 0.3 is 0 Å². The van der Waals surface area contributed by atoms with Crippen molar-refractivity contribution < 1.29 is 13.9 Å². The van der Waals surface area contributed by atoms with Gasteiger partial charge in [0.15, 0.2) is 0 Å². The van der Waals surface area contributed by atoms with Crippen LogP contribution in [0.3, 0.4) is 0 Å². The fraction of sp³-hybridized carbons (Fsp3) is 0.464. The molecule has 9 heteroatoms. The molecule has 1 N–H and O–H groups in total. The lowest BCUT2D eigenvalue weighted by molar-refractivity contribution is -0.0366. The maximum Gasteiger partial charge on any atom is 0.137 e. The van der Waals surface area contributed by atoms with Crippen molar-refractivity contribution in [3.05, 3.63) is 72.4 Å². The van der Waals surface area contributed by atoms with Crippen LogP contribution >= 0.6 is 0 Å². The molecule has 198 valence electrons. The van der Waals surface area contributed by atoms with Crippen molar-refractivity contribution >= 4 is 16.6 Å². The molecule has 0 aliphatic heterocycles. The molecular formula is C28H36F2N6O. The monoisotopic (exact) mass is 510 g/mol. The Labute approximate surface area is 216 Å². The van der Waals surface area contributed by atoms with Crippen LogP contribution in [0, 0.1) is 17.6 Å². The van der Waals surface area contributed by atoms with Gasteiger partial charge < -0.3 is 10.0 Å². The van der Waals surface area contributed by atoms with E-state index in [2.05, 4.69) is 47.9 Å². The molecule has 0 bridgehead atoms. The first-order chi connectivity index (χ1) is 17.8. The van der Waals surface area contributed by atoms with Crippen LogP contribution in [0.15, 0.2) is 55.2 Å². The van der Waals surface area contributed by atoms with Gasteiger partial charge in [-0.05, 0) is 43.5 Å². The highest BCUT2D eigenvalue weighted by Crippen LogP contribution is 2.37. The first-order valence-corrected chi connectivity index (χ1v) is 13.0. The molecule has 0 fully saturated rings. The Morgan fingerprint density at radius 1 is 1.08 bits per heavy atom. The van der Waals surface area contributed by atoms with Crippen molar-refractivity contribution in [2.24, 2.45) is 5.92 Å². The van der Waals surface area contributed by atoms with Crippen molar-refractivity contribution in [3.8, 4) is 0 Å². The molecule has 2 heterocycles. The van der Waals surface area contributed by atoms with E-state index in [9.17, 15) is 13.9 Å². The molecule has 4 rings (SSSR count). The van der Waals surface area contributed by atoms with Gasteiger partial charge in [0.05, 0.1) is 18.1 Å². The summed E-state index contributed by atoms with van der Waals surface area (Å²) in [4.78, 5) is 6.36. The molecule has 0 aliphatic carbocycles. The first kappa shape index (κ1) is 26.7. The summed E-state index contributed by atoms with van der Waals surface area (Å²) in [6.45, 7) is 10.3. The predicted octanol–water partition coefficient (Wildman–Crippen LogP) is 5.71. The quantitative estimate of drug-likeness (QED) is 0.264. The second-order valence-corrected chi connectivity index (χ2v) is 9.80. The number of benzene rings is 2. The first-order valence-electron chi connectivity index (χ1n) is 13.0. The van der Waals surface area contributed by atoms with E-state index in [0.717, 1.165) is 61.1 Å². The Morgan fingerprint density at radius 3 is 2.51 bits per heavy atom. The zero-order valence-electron chi connectivity index (χ0n) is 22.0. The van der Waals surface area contributed by atoms with Crippen LogP contribution in [0.4, 0.5) is 14.5 Å². The van der Waals surface area contributed by atoms with E-state index in [0.29, 0.717) is 5.92 Å². The fourth-order valence-electron chi connectivity index (χ4n) is 4.94. The zero-order valence-corrected chi connectivity index (χ0v) is 22.0. The van der Waals surface area contributed by atoms with Gasteiger partial charge in [-0.25, -0.2) is 18.4 Å². The number of aromatic nitrogens is 5. The fourth-order valence-corrected chi connectivity index (χ4v) is 4.94. The van der Waals surface area contributed by atoms with E-state index in [1.54, 1.807) is 11.6 Å². The van der Waals surface area contributed by atoms with Crippen molar-refractivity contribution in [1.82, 2.24) is 24.5 Å². The van der Waals surface area contributed by atoms with Gasteiger partial charge in [-0.2, -0.15) is 10.2 Å². The van der Waals surface area contributed by atoms with Crippen LogP contribution in [-0.4, -0.2) is 42.7 Å². The summed E-state index contributed by atoms with van der Waals surface area (Å²) >= 11 is 0. The highest BCUT2D eigenvalue weighted by molar-refractivity contribution is 5.82. The average molecular weight is 511 g/mol. The molecule has 0 unspecified atom stereocenters. The van der Waals surface area contributed by atoms with Crippen molar-refractivity contribution in [2.45, 2.75) is 65.1 Å². The minimum Gasteiger partial charge on any atom is -0.381 e. The maximum atomic E-state index is 15.0. The van der Waals surface area contributed by atoms with E-state index < -0.39 is 23.3 Å². The van der Waals surface area contributed by atoms with Crippen LogP contribution in [-0.2, 0) is 12.1 Å². The molecule has 0 saturated heterocycles. The summed E-state index contributed by atoms with van der Waals surface area (Å²) < 4.78 is 31.7. The Hall–Kier alpha value is -3.33. The van der Waals surface area contributed by atoms with Crippen LogP contribution < -0.4 is 4.90 Å². The normalized spacial score (nSPS) is 14.3. The third-order valence-electron chi connectivity index (χ3n) is 7.35. The van der Waals surface area contributed by atoms with E-state index >= 15 is 0 Å². The van der Waals surface area contributed by atoms with Gasteiger partial charge in [0.2, 0.25) is 0 Å². The van der Waals surface area contributed by atoms with Gasteiger partial charge in [0.25, 0.3) is 0 Å².